The Morgan fingerprint density at radius 2 is 2.25 bits per heavy atom. The molecule has 1 aliphatic carbocycles. The molecule has 1 saturated carbocycles. The summed E-state index contributed by atoms with van der Waals surface area (Å²) in [6.07, 6.45) is 3.49. The lowest BCUT2D eigenvalue weighted by Gasteiger charge is -2.25. The van der Waals surface area contributed by atoms with Crippen molar-refractivity contribution in [3.05, 3.63) is 28.8 Å². The van der Waals surface area contributed by atoms with Gasteiger partial charge in [-0.3, -0.25) is 4.79 Å². The van der Waals surface area contributed by atoms with Gasteiger partial charge in [-0.25, -0.2) is 0 Å². The molecule has 0 radical (unpaired) electrons. The van der Waals surface area contributed by atoms with Gasteiger partial charge in [-0.15, -0.1) is 0 Å². The minimum Gasteiger partial charge on any atom is -0.370 e. The molecule has 86 valence electrons. The number of carbonyl (C=O) groups excluding carboxylic acids is 1. The summed E-state index contributed by atoms with van der Waals surface area (Å²) in [6, 6.07) is 5.49. The number of anilines is 1. The van der Waals surface area contributed by atoms with E-state index in [2.05, 4.69) is 11.8 Å². The number of benzene rings is 1. The normalized spacial score (nSPS) is 14.9. The molecular formula is C13H16ClNO. The molecule has 0 atom stereocenters. The lowest BCUT2D eigenvalue weighted by Crippen LogP contribution is -2.26. The molecule has 0 aliphatic heterocycles. The van der Waals surface area contributed by atoms with Crippen molar-refractivity contribution in [3.63, 3.8) is 0 Å². The fourth-order valence-electron chi connectivity index (χ4n) is 1.95. The van der Waals surface area contributed by atoms with E-state index in [0.717, 1.165) is 31.0 Å². The summed E-state index contributed by atoms with van der Waals surface area (Å²) in [6.45, 7) is 4.00. The summed E-state index contributed by atoms with van der Waals surface area (Å²) in [7, 11) is 0. The molecule has 2 rings (SSSR count). The van der Waals surface area contributed by atoms with Crippen LogP contribution >= 0.6 is 11.6 Å². The van der Waals surface area contributed by atoms with Crippen LogP contribution in [0, 0.1) is 5.92 Å². The van der Waals surface area contributed by atoms with Crippen molar-refractivity contribution >= 4 is 23.6 Å². The molecule has 1 aromatic rings. The highest BCUT2D eigenvalue weighted by atomic mass is 35.5. The van der Waals surface area contributed by atoms with E-state index in [-0.39, 0.29) is 0 Å². The average molecular weight is 238 g/mol. The Hall–Kier alpha value is -1.02. The van der Waals surface area contributed by atoms with E-state index < -0.39 is 0 Å². The van der Waals surface area contributed by atoms with Gasteiger partial charge in [0.1, 0.15) is 0 Å². The smallest absolute Gasteiger partial charge is 0.152 e. The fourth-order valence-corrected chi connectivity index (χ4v) is 2.25. The third-order valence-corrected chi connectivity index (χ3v) is 3.32. The monoisotopic (exact) mass is 237 g/mol. The summed E-state index contributed by atoms with van der Waals surface area (Å²) in [4.78, 5) is 13.2. The minimum absolute atomic E-state index is 0.673. The zero-order valence-electron chi connectivity index (χ0n) is 9.45. The molecule has 1 aliphatic rings. The highest BCUT2D eigenvalue weighted by Gasteiger charge is 2.25. The van der Waals surface area contributed by atoms with E-state index in [4.69, 9.17) is 11.6 Å². The van der Waals surface area contributed by atoms with Crippen molar-refractivity contribution < 1.29 is 4.79 Å². The third kappa shape index (κ3) is 2.38. The first-order valence-electron chi connectivity index (χ1n) is 5.75. The van der Waals surface area contributed by atoms with E-state index in [1.54, 1.807) is 0 Å². The van der Waals surface area contributed by atoms with Crippen LogP contribution in [0.1, 0.15) is 30.1 Å². The highest BCUT2D eigenvalue weighted by Crippen LogP contribution is 2.35. The Labute approximate surface area is 101 Å². The van der Waals surface area contributed by atoms with Crippen LogP contribution in [0.5, 0.6) is 0 Å². The topological polar surface area (TPSA) is 20.3 Å². The van der Waals surface area contributed by atoms with Crippen LogP contribution in [-0.2, 0) is 0 Å². The number of rotatable bonds is 5. The summed E-state index contributed by atoms with van der Waals surface area (Å²) in [5.41, 5.74) is 1.59. The minimum atomic E-state index is 0.673. The van der Waals surface area contributed by atoms with Gasteiger partial charge in [0, 0.05) is 18.7 Å². The number of aldehydes is 1. The SMILES string of the molecule is CCN(CC1CC1)c1c(Cl)cccc1C=O. The number of halogens is 1. The van der Waals surface area contributed by atoms with E-state index in [9.17, 15) is 4.79 Å². The van der Waals surface area contributed by atoms with E-state index in [1.165, 1.54) is 12.8 Å². The summed E-state index contributed by atoms with van der Waals surface area (Å²) >= 11 is 6.18. The standard InChI is InChI=1S/C13H16ClNO/c1-2-15(8-10-6-7-10)13-11(9-16)4-3-5-12(13)14/h3-5,9-10H,2,6-8H2,1H3. The number of hydrogen-bond acceptors (Lipinski definition) is 2. The van der Waals surface area contributed by atoms with Crippen LogP contribution in [-0.4, -0.2) is 19.4 Å². The van der Waals surface area contributed by atoms with Gasteiger partial charge in [0.05, 0.1) is 10.7 Å². The molecular weight excluding hydrogens is 222 g/mol. The second-order valence-corrected chi connectivity index (χ2v) is 4.68. The van der Waals surface area contributed by atoms with Crippen LogP contribution in [0.3, 0.4) is 0 Å². The van der Waals surface area contributed by atoms with Crippen molar-refractivity contribution in [1.29, 1.82) is 0 Å². The molecule has 0 saturated heterocycles. The molecule has 0 bridgehead atoms. The lowest BCUT2D eigenvalue weighted by molar-refractivity contribution is 0.112. The van der Waals surface area contributed by atoms with E-state index >= 15 is 0 Å². The van der Waals surface area contributed by atoms with Gasteiger partial charge in [0.25, 0.3) is 0 Å². The summed E-state index contributed by atoms with van der Waals surface area (Å²) in [5, 5.41) is 0.673. The Balaban J connectivity index is 2.30. The first-order valence-corrected chi connectivity index (χ1v) is 6.12. The maximum atomic E-state index is 11.0. The highest BCUT2D eigenvalue weighted by molar-refractivity contribution is 6.33. The van der Waals surface area contributed by atoms with Gasteiger partial charge in [-0.2, -0.15) is 0 Å². The molecule has 0 spiro atoms. The van der Waals surface area contributed by atoms with Crippen molar-refractivity contribution in [2.45, 2.75) is 19.8 Å². The van der Waals surface area contributed by atoms with Crippen LogP contribution < -0.4 is 4.90 Å². The molecule has 1 fully saturated rings. The predicted molar refractivity (Wildman–Crippen MR) is 67.5 cm³/mol. The van der Waals surface area contributed by atoms with Gasteiger partial charge in [0.2, 0.25) is 0 Å². The van der Waals surface area contributed by atoms with Crippen molar-refractivity contribution in [2.24, 2.45) is 5.92 Å². The molecule has 0 unspecified atom stereocenters. The van der Waals surface area contributed by atoms with Crippen molar-refractivity contribution in [3.8, 4) is 0 Å². The first kappa shape index (κ1) is 11.5. The predicted octanol–water partition coefficient (Wildman–Crippen LogP) is 3.39. The molecule has 0 amide bonds. The molecule has 0 aromatic heterocycles. The van der Waals surface area contributed by atoms with Crippen molar-refractivity contribution in [2.75, 3.05) is 18.0 Å². The van der Waals surface area contributed by atoms with Gasteiger partial charge in [-0.05, 0) is 37.8 Å². The number of para-hydroxylation sites is 1. The first-order chi connectivity index (χ1) is 7.76. The zero-order valence-corrected chi connectivity index (χ0v) is 10.2. The molecule has 0 heterocycles. The van der Waals surface area contributed by atoms with Crippen LogP contribution in [0.2, 0.25) is 5.02 Å². The zero-order chi connectivity index (χ0) is 11.5. The molecule has 2 nitrogen and oxygen atoms in total. The summed E-state index contributed by atoms with van der Waals surface area (Å²) < 4.78 is 0. The fraction of sp³-hybridized carbons (Fsp3) is 0.462. The number of nitrogens with zero attached hydrogens (tertiary/aromatic N) is 1. The van der Waals surface area contributed by atoms with Gasteiger partial charge in [0.15, 0.2) is 6.29 Å². The van der Waals surface area contributed by atoms with Crippen LogP contribution in [0.15, 0.2) is 18.2 Å². The summed E-state index contributed by atoms with van der Waals surface area (Å²) in [5.74, 6) is 0.788. The maximum absolute atomic E-state index is 11.0. The average Bonchev–Trinajstić information content (AvgIpc) is 3.10. The van der Waals surface area contributed by atoms with E-state index in [0.29, 0.717) is 10.6 Å². The second-order valence-electron chi connectivity index (χ2n) is 4.28. The molecule has 0 N–H and O–H groups in total. The Morgan fingerprint density at radius 1 is 1.50 bits per heavy atom. The largest absolute Gasteiger partial charge is 0.370 e. The lowest BCUT2D eigenvalue weighted by atomic mass is 10.1. The Bertz CT molecular complexity index is 388. The number of hydrogen-bond donors (Lipinski definition) is 0. The third-order valence-electron chi connectivity index (χ3n) is 3.02. The molecule has 16 heavy (non-hydrogen) atoms. The number of carbonyl (C=O) groups is 1. The van der Waals surface area contributed by atoms with Gasteiger partial charge < -0.3 is 4.90 Å². The maximum Gasteiger partial charge on any atom is 0.152 e. The van der Waals surface area contributed by atoms with E-state index in [1.807, 2.05) is 18.2 Å². The van der Waals surface area contributed by atoms with Crippen LogP contribution in [0.25, 0.3) is 0 Å². The van der Waals surface area contributed by atoms with Crippen molar-refractivity contribution in [1.82, 2.24) is 0 Å². The van der Waals surface area contributed by atoms with Crippen LogP contribution in [0.4, 0.5) is 5.69 Å². The molecule has 3 heteroatoms. The molecule has 1 aromatic carbocycles. The Morgan fingerprint density at radius 3 is 2.81 bits per heavy atom. The quantitative estimate of drug-likeness (QED) is 0.732. The van der Waals surface area contributed by atoms with Gasteiger partial charge >= 0.3 is 0 Å². The Kier molecular flexibility index (Phi) is 3.49. The second kappa shape index (κ2) is 4.88. The van der Waals surface area contributed by atoms with Gasteiger partial charge in [-0.1, -0.05) is 17.7 Å².